The van der Waals surface area contributed by atoms with E-state index in [1.807, 2.05) is 0 Å². The standard InChI is InChI=1S/C8H18N4S/c1-2-3-4-5-6-13-8(11)12-7(9)10/h2-6H2,1H3,(H5,9,10,11,12). The fourth-order valence-electron chi connectivity index (χ4n) is 0.847. The van der Waals surface area contributed by atoms with Gasteiger partial charge in [-0.15, -0.1) is 0 Å². The molecule has 0 rings (SSSR count). The predicted octanol–water partition coefficient (Wildman–Crippen LogP) is 1.51. The second-order valence-electron chi connectivity index (χ2n) is 2.75. The number of aliphatic imine (C=N–C) groups is 1. The average Bonchev–Trinajstić information content (AvgIpc) is 2.02. The van der Waals surface area contributed by atoms with Crippen LogP contribution in [0.3, 0.4) is 0 Å². The topological polar surface area (TPSA) is 88.2 Å². The Labute approximate surface area is 83.7 Å². The van der Waals surface area contributed by atoms with Crippen LogP contribution in [0.2, 0.25) is 0 Å². The first-order valence-corrected chi connectivity index (χ1v) is 5.46. The summed E-state index contributed by atoms with van der Waals surface area (Å²) >= 11 is 1.39. The minimum Gasteiger partial charge on any atom is -0.370 e. The van der Waals surface area contributed by atoms with Crippen LogP contribution in [-0.2, 0) is 0 Å². The predicted molar refractivity (Wildman–Crippen MR) is 60.1 cm³/mol. The lowest BCUT2D eigenvalue weighted by atomic mass is 10.2. The molecule has 0 aromatic heterocycles. The number of guanidine groups is 1. The first kappa shape index (κ1) is 12.3. The Kier molecular flexibility index (Phi) is 7.48. The maximum atomic E-state index is 7.31. The molecule has 4 nitrogen and oxygen atoms in total. The summed E-state index contributed by atoms with van der Waals surface area (Å²) < 4.78 is 0. The van der Waals surface area contributed by atoms with Crippen molar-refractivity contribution in [1.29, 1.82) is 5.41 Å². The van der Waals surface area contributed by atoms with Gasteiger partial charge in [-0.05, 0) is 6.42 Å². The summed E-state index contributed by atoms with van der Waals surface area (Å²) in [5.41, 5.74) is 10.2. The maximum Gasteiger partial charge on any atom is 0.193 e. The van der Waals surface area contributed by atoms with E-state index in [2.05, 4.69) is 11.9 Å². The molecule has 0 aliphatic carbocycles. The number of nitrogens with two attached hydrogens (primary N) is 2. The van der Waals surface area contributed by atoms with E-state index in [9.17, 15) is 0 Å². The fraction of sp³-hybridized carbons (Fsp3) is 0.750. The highest BCUT2D eigenvalue weighted by Crippen LogP contribution is 2.08. The van der Waals surface area contributed by atoms with Gasteiger partial charge in [0.2, 0.25) is 0 Å². The normalized spacial score (nSPS) is 9.62. The summed E-state index contributed by atoms with van der Waals surface area (Å²) in [6.45, 7) is 2.18. The molecule has 0 aliphatic rings. The second-order valence-corrected chi connectivity index (χ2v) is 3.83. The summed E-state index contributed by atoms with van der Waals surface area (Å²) in [5, 5.41) is 7.52. The SMILES string of the molecule is CCCCCCSC(=N)N=C(N)N. The molecule has 0 bridgehead atoms. The van der Waals surface area contributed by atoms with Crippen molar-refractivity contribution >= 4 is 22.9 Å². The van der Waals surface area contributed by atoms with Gasteiger partial charge in [0.25, 0.3) is 0 Å². The number of unbranched alkanes of at least 4 members (excludes halogenated alkanes) is 3. The van der Waals surface area contributed by atoms with Crippen molar-refractivity contribution in [1.82, 2.24) is 0 Å². The molecule has 0 saturated heterocycles. The van der Waals surface area contributed by atoms with Gasteiger partial charge in [-0.2, -0.15) is 4.99 Å². The summed E-state index contributed by atoms with van der Waals surface area (Å²) in [7, 11) is 0. The molecule has 0 aromatic carbocycles. The zero-order chi connectivity index (χ0) is 10.1. The molecule has 0 amide bonds. The van der Waals surface area contributed by atoms with Gasteiger partial charge in [0.1, 0.15) is 0 Å². The van der Waals surface area contributed by atoms with Crippen molar-refractivity contribution in [2.24, 2.45) is 16.5 Å². The van der Waals surface area contributed by atoms with E-state index in [4.69, 9.17) is 16.9 Å². The first-order chi connectivity index (χ1) is 6.16. The van der Waals surface area contributed by atoms with Crippen molar-refractivity contribution in [3.8, 4) is 0 Å². The van der Waals surface area contributed by atoms with Crippen LogP contribution >= 0.6 is 11.8 Å². The van der Waals surface area contributed by atoms with E-state index in [0.29, 0.717) is 0 Å². The Morgan fingerprint density at radius 1 is 1.31 bits per heavy atom. The van der Waals surface area contributed by atoms with Gasteiger partial charge in [0, 0.05) is 5.75 Å². The van der Waals surface area contributed by atoms with Crippen molar-refractivity contribution in [3.05, 3.63) is 0 Å². The van der Waals surface area contributed by atoms with Gasteiger partial charge in [-0.25, -0.2) is 0 Å². The van der Waals surface area contributed by atoms with E-state index in [1.54, 1.807) is 0 Å². The minimum absolute atomic E-state index is 0.0361. The number of nitrogens with one attached hydrogen (secondary N) is 1. The van der Waals surface area contributed by atoms with Crippen LogP contribution in [0.25, 0.3) is 0 Å². The number of nitrogens with zero attached hydrogens (tertiary/aromatic N) is 1. The van der Waals surface area contributed by atoms with E-state index in [1.165, 1.54) is 31.0 Å². The third-order valence-corrected chi connectivity index (χ3v) is 2.32. The molecule has 0 radical (unpaired) electrons. The molecule has 0 atom stereocenters. The Morgan fingerprint density at radius 3 is 2.54 bits per heavy atom. The van der Waals surface area contributed by atoms with E-state index < -0.39 is 0 Å². The second kappa shape index (κ2) is 7.91. The summed E-state index contributed by atoms with van der Waals surface area (Å²) in [4.78, 5) is 3.61. The number of hydrogen-bond donors (Lipinski definition) is 3. The van der Waals surface area contributed by atoms with Gasteiger partial charge in [0.15, 0.2) is 11.1 Å². The lowest BCUT2D eigenvalue weighted by Crippen LogP contribution is -2.23. The van der Waals surface area contributed by atoms with Gasteiger partial charge in [-0.1, -0.05) is 37.9 Å². The lowest BCUT2D eigenvalue weighted by Gasteiger charge is -1.98. The largest absolute Gasteiger partial charge is 0.370 e. The highest BCUT2D eigenvalue weighted by atomic mass is 32.2. The molecular formula is C8H18N4S. The van der Waals surface area contributed by atoms with Gasteiger partial charge in [0.05, 0.1) is 0 Å². The minimum atomic E-state index is -0.0361. The van der Waals surface area contributed by atoms with Gasteiger partial charge >= 0.3 is 0 Å². The molecule has 13 heavy (non-hydrogen) atoms. The Morgan fingerprint density at radius 2 is 2.00 bits per heavy atom. The van der Waals surface area contributed by atoms with Crippen molar-refractivity contribution < 1.29 is 0 Å². The molecule has 0 aromatic rings. The highest BCUT2D eigenvalue weighted by molar-refractivity contribution is 8.13. The highest BCUT2D eigenvalue weighted by Gasteiger charge is 1.95. The van der Waals surface area contributed by atoms with Crippen molar-refractivity contribution in [3.63, 3.8) is 0 Å². The zero-order valence-electron chi connectivity index (χ0n) is 8.05. The number of amidine groups is 1. The maximum absolute atomic E-state index is 7.31. The van der Waals surface area contributed by atoms with Crippen molar-refractivity contribution in [2.75, 3.05) is 5.75 Å². The molecule has 0 saturated carbocycles. The molecule has 76 valence electrons. The van der Waals surface area contributed by atoms with Crippen LogP contribution in [0.15, 0.2) is 4.99 Å². The van der Waals surface area contributed by atoms with Crippen LogP contribution in [0.1, 0.15) is 32.6 Å². The van der Waals surface area contributed by atoms with Crippen molar-refractivity contribution in [2.45, 2.75) is 32.6 Å². The first-order valence-electron chi connectivity index (χ1n) is 4.47. The third-order valence-electron chi connectivity index (χ3n) is 1.47. The number of rotatable bonds is 5. The Bertz CT molecular complexity index is 175. The molecule has 0 fully saturated rings. The molecule has 0 unspecified atom stereocenters. The van der Waals surface area contributed by atoms with Crippen LogP contribution in [0.4, 0.5) is 0 Å². The molecule has 5 N–H and O–H groups in total. The van der Waals surface area contributed by atoms with Crippen LogP contribution in [0.5, 0.6) is 0 Å². The molecule has 0 spiro atoms. The number of hydrogen-bond acceptors (Lipinski definition) is 2. The average molecular weight is 202 g/mol. The van der Waals surface area contributed by atoms with Gasteiger partial charge in [-0.3, -0.25) is 5.41 Å². The zero-order valence-corrected chi connectivity index (χ0v) is 8.86. The van der Waals surface area contributed by atoms with E-state index >= 15 is 0 Å². The quantitative estimate of drug-likeness (QED) is 0.358. The monoisotopic (exact) mass is 202 g/mol. The Hall–Kier alpha value is -0.710. The number of thioether (sulfide) groups is 1. The molecule has 0 aliphatic heterocycles. The summed E-state index contributed by atoms with van der Waals surface area (Å²) in [6.07, 6.45) is 4.84. The summed E-state index contributed by atoms with van der Waals surface area (Å²) in [6, 6.07) is 0. The van der Waals surface area contributed by atoms with Crippen LogP contribution in [0, 0.1) is 5.41 Å². The van der Waals surface area contributed by atoms with Crippen LogP contribution in [-0.4, -0.2) is 16.9 Å². The van der Waals surface area contributed by atoms with Crippen LogP contribution < -0.4 is 11.5 Å². The molecule has 5 heteroatoms. The Balaban J connectivity index is 3.33. The van der Waals surface area contributed by atoms with Gasteiger partial charge < -0.3 is 11.5 Å². The lowest BCUT2D eigenvalue weighted by molar-refractivity contribution is 0.707. The van der Waals surface area contributed by atoms with E-state index in [0.717, 1.165) is 12.2 Å². The summed E-state index contributed by atoms with van der Waals surface area (Å²) in [5.74, 6) is 0.890. The third kappa shape index (κ3) is 9.20. The smallest absolute Gasteiger partial charge is 0.193 e. The molecule has 0 heterocycles. The van der Waals surface area contributed by atoms with E-state index in [-0.39, 0.29) is 11.1 Å². The fourth-order valence-corrected chi connectivity index (χ4v) is 1.56. The molecular weight excluding hydrogens is 184 g/mol.